The molecular formula is C74H92N8O6. The normalized spacial score (nSPS) is 15.6. The zero-order valence-electron chi connectivity index (χ0n) is 51.4. The predicted octanol–water partition coefficient (Wildman–Crippen LogP) is 10.6. The van der Waals surface area contributed by atoms with Gasteiger partial charge in [-0.2, -0.15) is 0 Å². The van der Waals surface area contributed by atoms with Gasteiger partial charge in [-0.15, -0.1) is 0 Å². The van der Waals surface area contributed by atoms with Gasteiger partial charge in [-0.1, -0.05) is 146 Å². The van der Waals surface area contributed by atoms with Crippen molar-refractivity contribution < 1.29 is 28.9 Å². The third kappa shape index (κ3) is 23.5. The van der Waals surface area contributed by atoms with Crippen molar-refractivity contribution in [3.8, 4) is 11.5 Å². The summed E-state index contributed by atoms with van der Waals surface area (Å²) in [5.74, 6) is 1.91. The minimum absolute atomic E-state index is 0.112. The predicted molar refractivity (Wildman–Crippen MR) is 354 cm³/mol. The number of epoxide rings is 1. The van der Waals surface area contributed by atoms with Crippen molar-refractivity contribution >= 4 is 33.6 Å². The van der Waals surface area contributed by atoms with Crippen LogP contribution in [0.15, 0.2) is 194 Å². The highest BCUT2D eigenvalue weighted by Gasteiger charge is 2.25. The van der Waals surface area contributed by atoms with Crippen molar-refractivity contribution in [3.63, 3.8) is 0 Å². The third-order valence-corrected chi connectivity index (χ3v) is 16.5. The quantitative estimate of drug-likeness (QED) is 0.0317. The number of hydrogen-bond acceptors (Lipinski definition) is 12. The van der Waals surface area contributed by atoms with Gasteiger partial charge >= 0.3 is 0 Å². The molecule has 2 atom stereocenters. The smallest absolute Gasteiger partial charge is 0.234 e. The summed E-state index contributed by atoms with van der Waals surface area (Å²) in [6.07, 6.45) is 15.8. The Balaban J connectivity index is 0.000000178. The Kier molecular flexibility index (Phi) is 27.1. The molecule has 0 unspecified atom stereocenters. The highest BCUT2D eigenvalue weighted by Crippen LogP contribution is 2.26. The maximum Gasteiger partial charge on any atom is 0.234 e. The molecule has 2 aromatic heterocycles. The van der Waals surface area contributed by atoms with E-state index >= 15 is 0 Å². The van der Waals surface area contributed by atoms with Gasteiger partial charge in [0.2, 0.25) is 11.8 Å². The van der Waals surface area contributed by atoms with Crippen LogP contribution in [0.4, 0.5) is 0 Å². The Morgan fingerprint density at radius 3 is 1.30 bits per heavy atom. The zero-order valence-corrected chi connectivity index (χ0v) is 51.4. The van der Waals surface area contributed by atoms with Crippen molar-refractivity contribution in [1.29, 1.82) is 0 Å². The Bertz CT molecular complexity index is 3140. The first-order chi connectivity index (χ1) is 43.3. The van der Waals surface area contributed by atoms with Crippen LogP contribution < -0.4 is 25.4 Å². The van der Waals surface area contributed by atoms with Gasteiger partial charge in [-0.25, -0.2) is 0 Å². The highest BCUT2D eigenvalue weighted by atomic mass is 16.6. The van der Waals surface area contributed by atoms with Crippen LogP contribution in [0, 0.1) is 0 Å². The van der Waals surface area contributed by atoms with E-state index in [1.807, 2.05) is 60.7 Å². The summed E-state index contributed by atoms with van der Waals surface area (Å²) in [7, 11) is 0. The molecule has 3 aliphatic rings. The Morgan fingerprint density at radius 2 is 0.875 bits per heavy atom. The van der Waals surface area contributed by atoms with E-state index in [-0.39, 0.29) is 36.6 Å². The molecule has 0 spiro atoms. The fraction of sp³-hybridized carbons (Fsp3) is 0.405. The standard InChI is InChI=1S/C37H46N4O3.C25H35N3O.C12H11NO2/c42-33(29-44-36-21-22-38-35-20-8-7-19-34(35)36)27-40-23-25-41(26-24-40)28-37(43)39-32(17-9-15-30-11-3-1-4-12-30)18-10-16-31-13-5-2-6-14-31;29-25(21-28-19-17-26-18-20-28)27-24(15-7-13-22-9-3-1-4-10-22)16-8-14-23-11-5-2-6-12-23;1-2-4-11-10(3-1)12(5-6-13-11)15-8-9-7-14-9/h1-8,11-14,19-22,32-33,42H,9-10,15-18,23-29H2,(H,39,43);1-6,9-12,24,26H,7-8,13-21H2,(H,27,29);1-6,9H,7-8H2/t33-;;9-/m1.0/s1. The number of rotatable bonds is 30. The lowest BCUT2D eigenvalue weighted by atomic mass is 9.99. The summed E-state index contributed by atoms with van der Waals surface area (Å²) < 4.78 is 16.7. The van der Waals surface area contributed by atoms with E-state index in [1.165, 1.54) is 22.3 Å². The molecule has 464 valence electrons. The highest BCUT2D eigenvalue weighted by molar-refractivity contribution is 5.85. The molecule has 6 aromatic carbocycles. The molecule has 14 heteroatoms. The number of benzene rings is 6. The number of carbonyl (C=O) groups excluding carboxylic acids is 2. The monoisotopic (exact) mass is 1190 g/mol. The average Bonchev–Trinajstić information content (AvgIpc) is 4.56. The number of aromatic nitrogens is 2. The number of nitrogens with one attached hydrogen (secondary N) is 3. The molecule has 3 aliphatic heterocycles. The zero-order chi connectivity index (χ0) is 60.6. The summed E-state index contributed by atoms with van der Waals surface area (Å²) in [5, 5.41) is 22.7. The summed E-state index contributed by atoms with van der Waals surface area (Å²) >= 11 is 0. The van der Waals surface area contributed by atoms with Crippen LogP contribution in [0.1, 0.15) is 73.6 Å². The van der Waals surface area contributed by atoms with Crippen LogP contribution >= 0.6 is 0 Å². The van der Waals surface area contributed by atoms with E-state index in [9.17, 15) is 14.7 Å². The molecule has 0 aliphatic carbocycles. The van der Waals surface area contributed by atoms with E-state index < -0.39 is 6.10 Å². The van der Waals surface area contributed by atoms with Gasteiger partial charge in [-0.05, 0) is 136 Å². The second-order valence-electron chi connectivity index (χ2n) is 23.5. The van der Waals surface area contributed by atoms with Gasteiger partial charge in [0.1, 0.15) is 36.9 Å². The van der Waals surface area contributed by atoms with Crippen LogP contribution in [-0.2, 0) is 40.0 Å². The van der Waals surface area contributed by atoms with Crippen molar-refractivity contribution in [2.24, 2.45) is 0 Å². The van der Waals surface area contributed by atoms with E-state index in [4.69, 9.17) is 14.2 Å². The summed E-state index contributed by atoms with van der Waals surface area (Å²) in [5.41, 5.74) is 7.30. The number of carbonyl (C=O) groups is 2. The lowest BCUT2D eigenvalue weighted by Crippen LogP contribution is -2.52. The number of β-amino-alcohol motifs (C(OH)–C–C–N with tert-alkyl or cyclic N) is 1. The first-order valence-electron chi connectivity index (χ1n) is 32.2. The average molecular weight is 1190 g/mol. The first kappa shape index (κ1) is 64.9. The molecule has 0 bridgehead atoms. The summed E-state index contributed by atoms with van der Waals surface area (Å²) in [6, 6.07) is 62.5. The number of nitrogens with zero attached hydrogens (tertiary/aromatic N) is 5. The maximum absolute atomic E-state index is 13.1. The molecule has 0 saturated carbocycles. The first-order valence-corrected chi connectivity index (χ1v) is 32.2. The lowest BCUT2D eigenvalue weighted by molar-refractivity contribution is -0.124. The van der Waals surface area contributed by atoms with Gasteiger partial charge in [0.25, 0.3) is 0 Å². The Hall–Kier alpha value is -7.56. The molecule has 4 N–H and O–H groups in total. The fourth-order valence-electron chi connectivity index (χ4n) is 11.6. The number of aryl methyl sites for hydroxylation is 4. The van der Waals surface area contributed by atoms with Gasteiger partial charge in [0.05, 0.1) is 30.7 Å². The molecule has 14 nitrogen and oxygen atoms in total. The molecule has 88 heavy (non-hydrogen) atoms. The van der Waals surface area contributed by atoms with E-state index in [0.29, 0.717) is 26.2 Å². The number of piperazine rings is 2. The topological polar surface area (TPSA) is 157 Å². The maximum atomic E-state index is 13.1. The number of amides is 2. The number of fused-ring (bicyclic) bond motifs is 2. The SMILES string of the molecule is O=C(CN1CCN(C[C@@H](O)COc2ccnc3ccccc23)CC1)NC(CCCc1ccccc1)CCCc1ccccc1.O=C(CN1CCNCC1)NC(CCCc1ccccc1)CCCc1ccccc1.c1ccc2c(OC[C@@H]3CO3)ccnc2c1. The van der Waals surface area contributed by atoms with E-state index in [0.717, 1.165) is 169 Å². The molecular weight excluding hydrogens is 1100 g/mol. The number of aliphatic hydroxyl groups is 1. The van der Waals surface area contributed by atoms with Crippen molar-refractivity contribution in [3.05, 3.63) is 217 Å². The van der Waals surface area contributed by atoms with E-state index in [2.05, 4.69) is 162 Å². The van der Waals surface area contributed by atoms with Crippen LogP contribution in [0.3, 0.4) is 0 Å². The number of ether oxygens (including phenoxy) is 3. The third-order valence-electron chi connectivity index (χ3n) is 16.5. The second kappa shape index (κ2) is 36.7. The van der Waals surface area contributed by atoms with Crippen molar-refractivity contribution in [1.82, 2.24) is 40.6 Å². The minimum atomic E-state index is -0.593. The molecule has 3 saturated heterocycles. The van der Waals surface area contributed by atoms with Gasteiger partial charge in [0.15, 0.2) is 0 Å². The number of aliphatic hydroxyl groups excluding tert-OH is 1. The number of para-hydroxylation sites is 2. The van der Waals surface area contributed by atoms with Crippen LogP contribution in [-0.4, -0.2) is 158 Å². The fourth-order valence-corrected chi connectivity index (χ4v) is 11.6. The van der Waals surface area contributed by atoms with Crippen LogP contribution in [0.2, 0.25) is 0 Å². The lowest BCUT2D eigenvalue weighted by Gasteiger charge is -2.35. The van der Waals surface area contributed by atoms with Crippen LogP contribution in [0.5, 0.6) is 11.5 Å². The molecule has 0 radical (unpaired) electrons. The molecule has 5 heterocycles. The second-order valence-corrected chi connectivity index (χ2v) is 23.5. The van der Waals surface area contributed by atoms with Gasteiger partial charge in [0, 0.05) is 94.2 Å². The van der Waals surface area contributed by atoms with Gasteiger partial charge in [-0.3, -0.25) is 34.3 Å². The van der Waals surface area contributed by atoms with Crippen molar-refractivity contribution in [2.75, 3.05) is 91.8 Å². The summed E-state index contributed by atoms with van der Waals surface area (Å²) in [4.78, 5) is 41.1. The largest absolute Gasteiger partial charge is 0.490 e. The number of hydrogen-bond donors (Lipinski definition) is 4. The van der Waals surface area contributed by atoms with Crippen LogP contribution in [0.25, 0.3) is 21.8 Å². The molecule has 11 rings (SSSR count). The van der Waals surface area contributed by atoms with Gasteiger partial charge < -0.3 is 35.3 Å². The number of pyridine rings is 2. The summed E-state index contributed by atoms with van der Waals surface area (Å²) in [6.45, 7) is 10.3. The Morgan fingerprint density at radius 1 is 0.500 bits per heavy atom. The van der Waals surface area contributed by atoms with Crippen molar-refractivity contribution in [2.45, 2.75) is 101 Å². The molecule has 2 amide bonds. The van der Waals surface area contributed by atoms with E-state index in [1.54, 1.807) is 12.4 Å². The molecule has 3 fully saturated rings. The minimum Gasteiger partial charge on any atom is -0.490 e. The Labute approximate surface area is 522 Å². The molecule has 8 aromatic rings.